The quantitative estimate of drug-likeness (QED) is 0.167. The summed E-state index contributed by atoms with van der Waals surface area (Å²) in [6, 6.07) is 10.5. The number of thiophene rings is 1. The monoisotopic (exact) mass is 569 g/mol. The number of carbonyl (C=O) groups excluding carboxylic acids is 1. The van der Waals surface area contributed by atoms with E-state index in [4.69, 9.17) is 9.72 Å². The maximum absolute atomic E-state index is 12.8. The average Bonchev–Trinajstić information content (AvgIpc) is 3.50. The molecule has 1 N–H and O–H groups in total. The summed E-state index contributed by atoms with van der Waals surface area (Å²) in [5.41, 5.74) is 3.24. The van der Waals surface area contributed by atoms with Gasteiger partial charge in [0.15, 0.2) is 16.0 Å². The van der Waals surface area contributed by atoms with Crippen LogP contribution in [0.1, 0.15) is 63.0 Å². The lowest BCUT2D eigenvalue weighted by atomic mass is 9.90. The summed E-state index contributed by atoms with van der Waals surface area (Å²) in [6.07, 6.45) is 4.68. The van der Waals surface area contributed by atoms with Crippen LogP contribution in [0.5, 0.6) is 0 Å². The molecule has 2 atom stereocenters. The molecule has 1 amide bonds. The highest BCUT2D eigenvalue weighted by Crippen LogP contribution is 2.42. The highest BCUT2D eigenvalue weighted by Gasteiger charge is 2.33. The molecule has 0 spiro atoms. The number of rotatable bonds is 11. The summed E-state index contributed by atoms with van der Waals surface area (Å²) < 4.78 is 8.27. The number of hydrogen-bond donors (Lipinski definition) is 1. The predicted molar refractivity (Wildman–Crippen MR) is 157 cm³/mol. The Hall–Kier alpha value is -2.14. The molecule has 0 fully saturated rings. The second-order valence-electron chi connectivity index (χ2n) is 10.1. The number of aryl methyl sites for hydroxylation is 1. The second kappa shape index (κ2) is 11.9. The Bertz CT molecular complexity index is 1420. The van der Waals surface area contributed by atoms with E-state index in [0.29, 0.717) is 11.8 Å². The third-order valence-electron chi connectivity index (χ3n) is 7.05. The smallest absolute Gasteiger partial charge is 0.230 e. The molecule has 1 aliphatic rings. The summed E-state index contributed by atoms with van der Waals surface area (Å²) in [6.45, 7) is 9.20. The van der Waals surface area contributed by atoms with E-state index < -0.39 is 0 Å². The van der Waals surface area contributed by atoms with Gasteiger partial charge in [0.05, 0.1) is 23.3 Å². The Balaban J connectivity index is 1.36. The van der Waals surface area contributed by atoms with Crippen LogP contribution in [0.3, 0.4) is 0 Å². The van der Waals surface area contributed by atoms with Crippen LogP contribution in [0.15, 0.2) is 40.6 Å². The standard InChI is InChI=1S/C28H35N5O2S3/c1-5-14-36-26-30-25-23(20-15-28(4,6-2)35-16-21(20)38-25)24-31-32-27(33(24)26)37-17-22(34)29-18(3)12-13-19-10-8-7-9-11-19/h7-11,18H,5-6,12-17H2,1-4H3,(H,29,34)/t18-,28+/m0/s1. The second-order valence-corrected chi connectivity index (χ2v) is 13.2. The molecular formula is C28H35N5O2S3. The first kappa shape index (κ1) is 27.4. The van der Waals surface area contributed by atoms with Gasteiger partial charge in [-0.2, -0.15) is 0 Å². The molecule has 0 saturated carbocycles. The van der Waals surface area contributed by atoms with E-state index in [1.807, 2.05) is 6.07 Å². The predicted octanol–water partition coefficient (Wildman–Crippen LogP) is 6.31. The molecule has 0 unspecified atom stereocenters. The van der Waals surface area contributed by atoms with Gasteiger partial charge in [-0.1, -0.05) is 67.7 Å². The van der Waals surface area contributed by atoms with Crippen LogP contribution in [-0.2, 0) is 29.0 Å². The van der Waals surface area contributed by atoms with Gasteiger partial charge < -0.3 is 10.1 Å². The maximum Gasteiger partial charge on any atom is 0.230 e. The Kier molecular flexibility index (Phi) is 8.62. The third-order valence-corrected chi connectivity index (χ3v) is 10.2. The minimum absolute atomic E-state index is 0.00730. The molecule has 4 aromatic rings. The van der Waals surface area contributed by atoms with E-state index in [0.717, 1.165) is 58.9 Å². The number of amides is 1. The highest BCUT2D eigenvalue weighted by atomic mass is 32.2. The van der Waals surface area contributed by atoms with Crippen LogP contribution < -0.4 is 5.32 Å². The number of benzene rings is 1. The number of hydrogen-bond acceptors (Lipinski definition) is 8. The molecule has 1 aromatic carbocycles. The molecule has 5 rings (SSSR count). The van der Waals surface area contributed by atoms with Gasteiger partial charge in [0.25, 0.3) is 0 Å². The van der Waals surface area contributed by atoms with E-state index in [1.54, 1.807) is 23.1 Å². The molecule has 0 radical (unpaired) electrons. The lowest BCUT2D eigenvalue weighted by Crippen LogP contribution is -2.34. The Morgan fingerprint density at radius 1 is 1.21 bits per heavy atom. The van der Waals surface area contributed by atoms with Crippen molar-refractivity contribution in [3.8, 4) is 0 Å². The summed E-state index contributed by atoms with van der Waals surface area (Å²) >= 11 is 4.85. The van der Waals surface area contributed by atoms with E-state index in [9.17, 15) is 4.79 Å². The SMILES string of the molecule is CCCSc1nc2sc3c(c2c2nnc(SCC(=O)N[C@@H](C)CCc4ccccc4)n12)C[C@@](C)(CC)OC3. The van der Waals surface area contributed by atoms with Gasteiger partial charge in [0.1, 0.15) is 4.83 Å². The zero-order valence-corrected chi connectivity index (χ0v) is 24.9. The summed E-state index contributed by atoms with van der Waals surface area (Å²) in [5.74, 6) is 1.25. The topological polar surface area (TPSA) is 81.4 Å². The van der Waals surface area contributed by atoms with Crippen LogP contribution in [0.2, 0.25) is 0 Å². The Morgan fingerprint density at radius 3 is 2.79 bits per heavy atom. The van der Waals surface area contributed by atoms with Crippen LogP contribution in [0, 0.1) is 0 Å². The molecule has 10 heteroatoms. The highest BCUT2D eigenvalue weighted by molar-refractivity contribution is 8.00. The van der Waals surface area contributed by atoms with Gasteiger partial charge in [-0.15, -0.1) is 21.5 Å². The summed E-state index contributed by atoms with van der Waals surface area (Å²) in [4.78, 5) is 20.1. The molecule has 1 aliphatic heterocycles. The van der Waals surface area contributed by atoms with Gasteiger partial charge in [-0.25, -0.2) is 9.38 Å². The lowest BCUT2D eigenvalue weighted by Gasteiger charge is -2.33. The van der Waals surface area contributed by atoms with Gasteiger partial charge in [0.2, 0.25) is 5.91 Å². The fraction of sp³-hybridized carbons (Fsp3) is 0.500. The summed E-state index contributed by atoms with van der Waals surface area (Å²) in [5, 5.41) is 15.0. The lowest BCUT2D eigenvalue weighted by molar-refractivity contribution is -0.119. The number of thioether (sulfide) groups is 2. The Labute approximate surface area is 236 Å². The number of ether oxygens (including phenoxy) is 1. The number of nitrogens with zero attached hydrogens (tertiary/aromatic N) is 4. The molecule has 38 heavy (non-hydrogen) atoms. The zero-order valence-electron chi connectivity index (χ0n) is 22.5. The van der Waals surface area contributed by atoms with Crippen LogP contribution >= 0.6 is 34.9 Å². The van der Waals surface area contributed by atoms with E-state index >= 15 is 0 Å². The van der Waals surface area contributed by atoms with Gasteiger partial charge in [0, 0.05) is 23.1 Å². The molecule has 0 aliphatic carbocycles. The van der Waals surface area contributed by atoms with Crippen molar-refractivity contribution in [2.75, 3.05) is 11.5 Å². The maximum atomic E-state index is 12.8. The number of fused-ring (bicyclic) bond motifs is 5. The molecule has 202 valence electrons. The van der Waals surface area contributed by atoms with E-state index in [-0.39, 0.29) is 23.3 Å². The van der Waals surface area contributed by atoms with Crippen LogP contribution in [0.4, 0.5) is 0 Å². The normalized spacial score (nSPS) is 18.1. The molecule has 4 heterocycles. The van der Waals surface area contributed by atoms with Gasteiger partial charge >= 0.3 is 0 Å². The van der Waals surface area contributed by atoms with Crippen molar-refractivity contribution < 1.29 is 9.53 Å². The molecule has 3 aromatic heterocycles. The first-order chi connectivity index (χ1) is 18.4. The number of carbonyl (C=O) groups is 1. The Morgan fingerprint density at radius 2 is 2.03 bits per heavy atom. The third kappa shape index (κ3) is 5.88. The van der Waals surface area contributed by atoms with Crippen molar-refractivity contribution in [1.82, 2.24) is 24.9 Å². The zero-order chi connectivity index (χ0) is 26.7. The number of nitrogens with one attached hydrogen (secondary N) is 1. The average molecular weight is 570 g/mol. The van der Waals surface area contributed by atoms with Gasteiger partial charge in [-0.3, -0.25) is 4.79 Å². The fourth-order valence-electron chi connectivity index (χ4n) is 4.67. The first-order valence-corrected chi connectivity index (χ1v) is 16.1. The van der Waals surface area contributed by atoms with E-state index in [1.165, 1.54) is 27.8 Å². The number of aromatic nitrogens is 4. The largest absolute Gasteiger partial charge is 0.369 e. The van der Waals surface area contributed by atoms with Crippen LogP contribution in [-0.4, -0.2) is 48.6 Å². The van der Waals surface area contributed by atoms with Crippen molar-refractivity contribution in [3.05, 3.63) is 46.3 Å². The van der Waals surface area contributed by atoms with Crippen molar-refractivity contribution in [1.29, 1.82) is 0 Å². The molecule has 0 bridgehead atoms. The van der Waals surface area contributed by atoms with Crippen molar-refractivity contribution in [2.24, 2.45) is 0 Å². The van der Waals surface area contributed by atoms with E-state index in [2.05, 4.69) is 71.9 Å². The molecule has 7 nitrogen and oxygen atoms in total. The van der Waals surface area contributed by atoms with Gasteiger partial charge in [-0.05, 0) is 50.7 Å². The minimum atomic E-state index is -0.180. The fourth-order valence-corrected chi connectivity index (χ4v) is 7.48. The first-order valence-electron chi connectivity index (χ1n) is 13.3. The van der Waals surface area contributed by atoms with Crippen LogP contribution in [0.25, 0.3) is 15.9 Å². The molecule has 0 saturated heterocycles. The van der Waals surface area contributed by atoms with Crippen molar-refractivity contribution in [3.63, 3.8) is 0 Å². The minimum Gasteiger partial charge on any atom is -0.369 e. The van der Waals surface area contributed by atoms with Crippen molar-refractivity contribution in [2.45, 2.75) is 88.4 Å². The summed E-state index contributed by atoms with van der Waals surface area (Å²) in [7, 11) is 0. The molecular weight excluding hydrogens is 535 g/mol. The van der Waals surface area contributed by atoms with Crippen molar-refractivity contribution >= 4 is 56.6 Å².